The molecule has 4 rings (SSSR count). The third kappa shape index (κ3) is 6.36. The molecule has 2 heterocycles. The Hall–Kier alpha value is -2.53. The first kappa shape index (κ1) is 28.5. The van der Waals surface area contributed by atoms with Crippen LogP contribution in [-0.2, 0) is 11.3 Å². The van der Waals surface area contributed by atoms with Crippen LogP contribution in [0.1, 0.15) is 37.5 Å². The molecule has 38 heavy (non-hydrogen) atoms. The average Bonchev–Trinajstić information content (AvgIpc) is 2.99. The van der Waals surface area contributed by atoms with E-state index in [-0.39, 0.29) is 12.1 Å². The Morgan fingerprint density at radius 1 is 1.18 bits per heavy atom. The number of hydrogen-bond acceptors (Lipinski definition) is 5. The predicted molar refractivity (Wildman–Crippen MR) is 158 cm³/mol. The molecule has 206 valence electrons. The molecule has 2 aromatic carbocycles. The van der Waals surface area contributed by atoms with Crippen molar-refractivity contribution in [2.45, 2.75) is 45.9 Å². The van der Waals surface area contributed by atoms with Crippen molar-refractivity contribution in [2.75, 3.05) is 52.1 Å². The fraction of sp³-hybridized carbons (Fsp3) is 0.500. The summed E-state index contributed by atoms with van der Waals surface area (Å²) in [5, 5.41) is 4.10. The molecular weight excluding hydrogens is 520 g/mol. The van der Waals surface area contributed by atoms with E-state index in [0.29, 0.717) is 31.3 Å². The Labute approximate surface area is 233 Å². The van der Waals surface area contributed by atoms with Crippen LogP contribution in [0.25, 0.3) is 11.1 Å². The van der Waals surface area contributed by atoms with Gasteiger partial charge in [0.05, 0.1) is 23.7 Å². The number of carbonyl (C=O) groups is 1. The smallest absolute Gasteiger partial charge is 0.410 e. The SMILES string of the molecule is COc1cccc(C)c1-c1c(Cl)cc2c(c1C#CS(C)(C)C)OC[C@H]1CN(C(=O)OC(C)(C)C)CCN1C2. The minimum atomic E-state index is -1.11. The highest BCUT2D eigenvalue weighted by Gasteiger charge is 2.36. The van der Waals surface area contributed by atoms with Crippen LogP contribution in [0, 0.1) is 18.1 Å². The fourth-order valence-electron chi connectivity index (χ4n) is 4.82. The minimum absolute atomic E-state index is 0.0351. The number of nitrogens with zero attached hydrogens (tertiary/aromatic N) is 2. The van der Waals surface area contributed by atoms with Crippen LogP contribution >= 0.6 is 21.6 Å². The maximum Gasteiger partial charge on any atom is 0.410 e. The Bertz CT molecular complexity index is 1290. The number of fused-ring (bicyclic) bond motifs is 2. The lowest BCUT2D eigenvalue weighted by atomic mass is 9.92. The number of ether oxygens (including phenoxy) is 3. The second-order valence-electron chi connectivity index (χ2n) is 11.7. The zero-order chi connectivity index (χ0) is 27.8. The van der Waals surface area contributed by atoms with Gasteiger partial charge in [-0.3, -0.25) is 4.90 Å². The number of benzene rings is 2. The number of carbonyl (C=O) groups excluding carboxylic acids is 1. The molecular formula is C30H39ClN2O4S. The number of aryl methyl sites for hydroxylation is 1. The third-order valence-electron chi connectivity index (χ3n) is 6.55. The summed E-state index contributed by atoms with van der Waals surface area (Å²) in [6.45, 7) is 10.7. The normalized spacial score (nSPS) is 18.2. The second-order valence-corrected chi connectivity index (χ2v) is 16.0. The first-order valence-corrected chi connectivity index (χ1v) is 16.1. The maximum atomic E-state index is 12.8. The van der Waals surface area contributed by atoms with Crippen LogP contribution in [0.15, 0.2) is 24.3 Å². The number of rotatable bonds is 2. The van der Waals surface area contributed by atoms with Gasteiger partial charge in [-0.15, -0.1) is 0 Å². The van der Waals surface area contributed by atoms with Crippen molar-refractivity contribution in [3.63, 3.8) is 0 Å². The van der Waals surface area contributed by atoms with Crippen LogP contribution < -0.4 is 9.47 Å². The van der Waals surface area contributed by atoms with E-state index in [0.717, 1.165) is 45.9 Å². The van der Waals surface area contributed by atoms with Gasteiger partial charge in [-0.25, -0.2) is 4.79 Å². The molecule has 0 aliphatic carbocycles. The zero-order valence-corrected chi connectivity index (χ0v) is 25.3. The molecule has 2 aromatic rings. The van der Waals surface area contributed by atoms with Crippen molar-refractivity contribution in [1.29, 1.82) is 0 Å². The van der Waals surface area contributed by atoms with Crippen LogP contribution in [0.3, 0.4) is 0 Å². The van der Waals surface area contributed by atoms with E-state index in [1.54, 1.807) is 12.0 Å². The quantitative estimate of drug-likeness (QED) is 0.414. The molecule has 0 aromatic heterocycles. The summed E-state index contributed by atoms with van der Waals surface area (Å²) in [5.41, 5.74) is 4.09. The lowest BCUT2D eigenvalue weighted by Crippen LogP contribution is -2.56. The first-order chi connectivity index (χ1) is 17.8. The fourth-order valence-corrected chi connectivity index (χ4v) is 5.54. The number of halogens is 1. The van der Waals surface area contributed by atoms with Crippen LogP contribution in [0.2, 0.25) is 5.02 Å². The molecule has 1 fully saturated rings. The molecule has 0 radical (unpaired) electrons. The Balaban J connectivity index is 1.77. The molecule has 2 aliphatic rings. The molecule has 0 spiro atoms. The van der Waals surface area contributed by atoms with Gasteiger partial charge in [0.15, 0.2) is 0 Å². The first-order valence-electron chi connectivity index (χ1n) is 12.8. The molecule has 0 bridgehead atoms. The Morgan fingerprint density at radius 2 is 1.92 bits per heavy atom. The summed E-state index contributed by atoms with van der Waals surface area (Å²) in [6.07, 6.45) is 6.23. The van der Waals surface area contributed by atoms with Gasteiger partial charge in [0, 0.05) is 42.9 Å². The largest absolute Gasteiger partial charge is 0.496 e. The van der Waals surface area contributed by atoms with E-state index in [4.69, 9.17) is 25.8 Å². The van der Waals surface area contributed by atoms with Gasteiger partial charge in [-0.2, -0.15) is 10.0 Å². The number of piperazine rings is 1. The van der Waals surface area contributed by atoms with Crippen molar-refractivity contribution in [3.05, 3.63) is 46.0 Å². The van der Waals surface area contributed by atoms with Crippen LogP contribution in [-0.4, -0.2) is 79.7 Å². The standard InChI is InChI=1S/C30H39ClN2O4S/c1-20-10-9-11-25(35-5)26(20)27-23(12-15-38(6,7)8)28-21(16-24(27)31)17-32-13-14-33(18-22(32)19-36-28)29(34)37-30(2,3)4/h9-11,16,22H,13-14,17-19H2,1-8H3/t22-/m1/s1. The predicted octanol–water partition coefficient (Wildman–Crippen LogP) is 6.14. The lowest BCUT2D eigenvalue weighted by molar-refractivity contribution is -0.00155. The second kappa shape index (κ2) is 10.9. The van der Waals surface area contributed by atoms with Gasteiger partial charge in [0.25, 0.3) is 0 Å². The molecule has 6 nitrogen and oxygen atoms in total. The van der Waals surface area contributed by atoms with E-state index in [1.807, 2.05) is 39.0 Å². The van der Waals surface area contributed by atoms with Crippen molar-refractivity contribution >= 4 is 27.7 Å². The van der Waals surface area contributed by atoms with Crippen LogP contribution in [0.4, 0.5) is 4.79 Å². The molecule has 8 heteroatoms. The summed E-state index contributed by atoms with van der Waals surface area (Å²) in [6, 6.07) is 8.02. The van der Waals surface area contributed by atoms with Gasteiger partial charge in [-0.1, -0.05) is 29.7 Å². The summed E-state index contributed by atoms with van der Waals surface area (Å²) in [7, 11) is 0.564. The van der Waals surface area contributed by atoms with E-state index in [1.165, 1.54) is 0 Å². The number of amides is 1. The van der Waals surface area contributed by atoms with Crippen LogP contribution in [0.5, 0.6) is 11.5 Å². The van der Waals surface area contributed by atoms with E-state index in [9.17, 15) is 4.79 Å². The van der Waals surface area contributed by atoms with E-state index < -0.39 is 15.6 Å². The van der Waals surface area contributed by atoms with Crippen molar-refractivity contribution < 1.29 is 19.0 Å². The summed E-state index contributed by atoms with van der Waals surface area (Å²) < 4.78 is 17.9. The molecule has 0 N–H and O–H groups in total. The molecule has 0 saturated carbocycles. The van der Waals surface area contributed by atoms with E-state index in [2.05, 4.69) is 47.8 Å². The Kier molecular flexibility index (Phi) is 8.18. The highest BCUT2D eigenvalue weighted by molar-refractivity contribution is 8.35. The topological polar surface area (TPSA) is 51.2 Å². The van der Waals surface area contributed by atoms with Gasteiger partial charge < -0.3 is 19.1 Å². The van der Waals surface area contributed by atoms with Gasteiger partial charge in [-0.05, 0) is 69.4 Å². The van der Waals surface area contributed by atoms with Crippen molar-refractivity contribution in [3.8, 4) is 33.8 Å². The summed E-state index contributed by atoms with van der Waals surface area (Å²) in [5.74, 6) is 4.99. The zero-order valence-electron chi connectivity index (χ0n) is 23.7. The lowest BCUT2D eigenvalue weighted by Gasteiger charge is -2.40. The van der Waals surface area contributed by atoms with Crippen molar-refractivity contribution in [1.82, 2.24) is 9.80 Å². The highest BCUT2D eigenvalue weighted by atomic mass is 35.5. The molecule has 1 saturated heterocycles. The van der Waals surface area contributed by atoms with Gasteiger partial charge >= 0.3 is 6.09 Å². The molecule has 1 atom stereocenters. The number of methoxy groups -OCH3 is 1. The molecule has 0 unspecified atom stereocenters. The van der Waals surface area contributed by atoms with Gasteiger partial charge in [0.2, 0.25) is 0 Å². The minimum Gasteiger partial charge on any atom is -0.496 e. The third-order valence-corrected chi connectivity index (χ3v) is 7.56. The average molecular weight is 559 g/mol. The highest BCUT2D eigenvalue weighted by Crippen LogP contribution is 2.46. The van der Waals surface area contributed by atoms with E-state index >= 15 is 0 Å². The number of hydrogen-bond donors (Lipinski definition) is 0. The monoisotopic (exact) mass is 558 g/mol. The Morgan fingerprint density at radius 3 is 2.58 bits per heavy atom. The van der Waals surface area contributed by atoms with Crippen molar-refractivity contribution in [2.24, 2.45) is 0 Å². The molecule has 1 amide bonds. The summed E-state index contributed by atoms with van der Waals surface area (Å²) >= 11 is 7.05. The maximum absolute atomic E-state index is 12.8. The van der Waals surface area contributed by atoms with Gasteiger partial charge in [0.1, 0.15) is 23.7 Å². The molecule has 2 aliphatic heterocycles. The summed E-state index contributed by atoms with van der Waals surface area (Å²) in [4.78, 5) is 16.9.